The van der Waals surface area contributed by atoms with Crippen molar-refractivity contribution in [2.45, 2.75) is 65.5 Å². The van der Waals surface area contributed by atoms with Crippen LogP contribution in [0.1, 0.15) is 52.3 Å². The van der Waals surface area contributed by atoms with Gasteiger partial charge in [0.15, 0.2) is 0 Å². The van der Waals surface area contributed by atoms with Crippen molar-refractivity contribution in [1.29, 1.82) is 0 Å². The van der Waals surface area contributed by atoms with Crippen LogP contribution in [0.4, 0.5) is 0 Å². The Kier molecular flexibility index (Phi) is 7.38. The number of hydrogen-bond acceptors (Lipinski definition) is 3. The lowest BCUT2D eigenvalue weighted by atomic mass is 9.79. The number of likely N-dealkylation sites (N-methyl/N-ethyl adjacent to an activating group) is 1. The first-order chi connectivity index (χ1) is 9.80. The Labute approximate surface area is 135 Å². The molecule has 0 spiro atoms. The molecule has 0 saturated heterocycles. The summed E-state index contributed by atoms with van der Waals surface area (Å²) in [4.78, 5) is 4.03. The summed E-state index contributed by atoms with van der Waals surface area (Å²) in [6.07, 6.45) is 3.46. The molecule has 2 nitrogen and oxygen atoms in total. The van der Waals surface area contributed by atoms with Crippen LogP contribution in [0.3, 0.4) is 0 Å². The van der Waals surface area contributed by atoms with Gasteiger partial charge >= 0.3 is 0 Å². The fourth-order valence-corrected chi connectivity index (χ4v) is 4.35. The zero-order chi connectivity index (χ0) is 16.0. The van der Waals surface area contributed by atoms with E-state index >= 15 is 0 Å². The van der Waals surface area contributed by atoms with Gasteiger partial charge in [0.05, 0.1) is 0 Å². The van der Waals surface area contributed by atoms with Crippen LogP contribution in [0.15, 0.2) is 17.5 Å². The van der Waals surface area contributed by atoms with E-state index in [4.69, 9.17) is 5.73 Å². The molecule has 1 heterocycles. The minimum Gasteiger partial charge on any atom is -0.329 e. The standard InChI is InChI=1S/C18H34N2S/c1-14(2)11-18(13-19,12-15(3)4)20(6)16(5)10-17-8-7-9-21-17/h7-9,14-16H,10-13,19H2,1-6H3. The number of hydrogen-bond donors (Lipinski definition) is 1. The number of nitrogens with two attached hydrogens (primary N) is 1. The molecule has 3 heteroatoms. The van der Waals surface area contributed by atoms with Crippen molar-refractivity contribution in [3.05, 3.63) is 22.4 Å². The fraction of sp³-hybridized carbons (Fsp3) is 0.778. The average molecular weight is 311 g/mol. The van der Waals surface area contributed by atoms with Gasteiger partial charge in [0, 0.05) is 23.0 Å². The highest BCUT2D eigenvalue weighted by Gasteiger charge is 2.36. The molecule has 1 atom stereocenters. The third-order valence-corrected chi connectivity index (χ3v) is 5.34. The van der Waals surface area contributed by atoms with Crippen LogP contribution in [-0.2, 0) is 6.42 Å². The quantitative estimate of drug-likeness (QED) is 0.732. The molecule has 0 aliphatic carbocycles. The van der Waals surface area contributed by atoms with Gasteiger partial charge in [0.25, 0.3) is 0 Å². The highest BCUT2D eigenvalue weighted by atomic mass is 32.1. The summed E-state index contributed by atoms with van der Waals surface area (Å²) in [5.41, 5.74) is 6.40. The number of rotatable bonds is 9. The normalized spacial score (nSPS) is 14.4. The smallest absolute Gasteiger partial charge is 0.0336 e. The van der Waals surface area contributed by atoms with E-state index in [1.54, 1.807) is 0 Å². The van der Waals surface area contributed by atoms with Gasteiger partial charge in [-0.25, -0.2) is 0 Å². The topological polar surface area (TPSA) is 29.3 Å². The van der Waals surface area contributed by atoms with E-state index in [-0.39, 0.29) is 5.54 Å². The summed E-state index contributed by atoms with van der Waals surface area (Å²) in [5.74, 6) is 1.34. The first kappa shape index (κ1) is 18.7. The molecule has 0 aliphatic heterocycles. The predicted octanol–water partition coefficient (Wildman–Crippen LogP) is 4.40. The summed E-state index contributed by atoms with van der Waals surface area (Å²) >= 11 is 1.86. The first-order valence-electron chi connectivity index (χ1n) is 8.26. The summed E-state index contributed by atoms with van der Waals surface area (Å²) in [6.45, 7) is 12.3. The van der Waals surface area contributed by atoms with Crippen molar-refractivity contribution in [3.63, 3.8) is 0 Å². The third kappa shape index (κ3) is 5.39. The zero-order valence-electron chi connectivity index (χ0n) is 14.7. The lowest BCUT2D eigenvalue weighted by Crippen LogP contribution is -2.57. The van der Waals surface area contributed by atoms with Crippen LogP contribution in [-0.4, -0.2) is 30.1 Å². The summed E-state index contributed by atoms with van der Waals surface area (Å²) in [5, 5.41) is 2.17. The van der Waals surface area contributed by atoms with Crippen LogP contribution < -0.4 is 5.73 Å². The third-order valence-electron chi connectivity index (χ3n) is 4.44. The van der Waals surface area contributed by atoms with Gasteiger partial charge in [-0.05, 0) is 56.5 Å². The largest absolute Gasteiger partial charge is 0.329 e. The van der Waals surface area contributed by atoms with Crippen LogP contribution in [0.5, 0.6) is 0 Å². The maximum absolute atomic E-state index is 6.28. The lowest BCUT2D eigenvalue weighted by molar-refractivity contribution is 0.0462. The van der Waals surface area contributed by atoms with Gasteiger partial charge in [0.1, 0.15) is 0 Å². The molecular weight excluding hydrogens is 276 g/mol. The van der Waals surface area contributed by atoms with E-state index < -0.39 is 0 Å². The Balaban J connectivity index is 2.88. The molecule has 122 valence electrons. The summed E-state index contributed by atoms with van der Waals surface area (Å²) < 4.78 is 0. The number of nitrogens with zero attached hydrogens (tertiary/aromatic N) is 1. The van der Waals surface area contributed by atoms with Crippen LogP contribution >= 0.6 is 11.3 Å². The van der Waals surface area contributed by atoms with E-state index in [1.807, 2.05) is 11.3 Å². The summed E-state index contributed by atoms with van der Waals surface area (Å²) in [6, 6.07) is 4.90. The van der Waals surface area contributed by atoms with Gasteiger partial charge < -0.3 is 5.73 Å². The molecule has 1 aromatic heterocycles. The zero-order valence-corrected chi connectivity index (χ0v) is 15.5. The van der Waals surface area contributed by atoms with E-state index in [9.17, 15) is 0 Å². The highest BCUT2D eigenvalue weighted by molar-refractivity contribution is 7.09. The van der Waals surface area contributed by atoms with Crippen LogP contribution in [0.2, 0.25) is 0 Å². The molecule has 1 rings (SSSR count). The molecule has 2 N–H and O–H groups in total. The van der Waals surface area contributed by atoms with Crippen molar-refractivity contribution < 1.29 is 0 Å². The summed E-state index contributed by atoms with van der Waals surface area (Å²) in [7, 11) is 2.27. The molecule has 0 radical (unpaired) electrons. The van der Waals surface area contributed by atoms with E-state index in [1.165, 1.54) is 17.7 Å². The van der Waals surface area contributed by atoms with Gasteiger partial charge in [-0.3, -0.25) is 4.90 Å². The van der Waals surface area contributed by atoms with Gasteiger partial charge in [-0.15, -0.1) is 11.3 Å². The molecule has 0 amide bonds. The lowest BCUT2D eigenvalue weighted by Gasteiger charge is -2.47. The van der Waals surface area contributed by atoms with Gasteiger partial charge in [0.2, 0.25) is 0 Å². The van der Waals surface area contributed by atoms with E-state index in [2.05, 4.69) is 64.1 Å². The molecule has 0 aromatic carbocycles. The van der Waals surface area contributed by atoms with E-state index in [0.717, 1.165) is 13.0 Å². The number of thiophene rings is 1. The minimum atomic E-state index is 0.124. The molecule has 0 fully saturated rings. The van der Waals surface area contributed by atoms with Crippen molar-refractivity contribution >= 4 is 11.3 Å². The van der Waals surface area contributed by atoms with Crippen molar-refractivity contribution in [1.82, 2.24) is 4.90 Å². The average Bonchev–Trinajstić information content (AvgIpc) is 2.88. The second-order valence-electron chi connectivity index (χ2n) is 7.37. The van der Waals surface area contributed by atoms with E-state index in [0.29, 0.717) is 17.9 Å². The Hall–Kier alpha value is -0.380. The van der Waals surface area contributed by atoms with Gasteiger partial charge in [-0.2, -0.15) is 0 Å². The minimum absolute atomic E-state index is 0.124. The van der Waals surface area contributed by atoms with Crippen LogP contribution in [0.25, 0.3) is 0 Å². The maximum atomic E-state index is 6.28. The molecule has 0 saturated carbocycles. The second-order valence-corrected chi connectivity index (χ2v) is 8.40. The molecular formula is C18H34N2S. The monoisotopic (exact) mass is 310 g/mol. The SMILES string of the molecule is CC(C)CC(CN)(CC(C)C)N(C)C(C)Cc1cccs1. The van der Waals surface area contributed by atoms with Gasteiger partial charge in [-0.1, -0.05) is 33.8 Å². The Morgan fingerprint density at radius 1 is 1.14 bits per heavy atom. The molecule has 1 aromatic rings. The van der Waals surface area contributed by atoms with Crippen LogP contribution in [0, 0.1) is 11.8 Å². The van der Waals surface area contributed by atoms with Crippen molar-refractivity contribution in [3.8, 4) is 0 Å². The van der Waals surface area contributed by atoms with Crippen molar-refractivity contribution in [2.75, 3.05) is 13.6 Å². The predicted molar refractivity (Wildman–Crippen MR) is 95.9 cm³/mol. The Morgan fingerprint density at radius 2 is 1.71 bits per heavy atom. The fourth-order valence-electron chi connectivity index (χ4n) is 3.53. The molecule has 0 aliphatic rings. The first-order valence-corrected chi connectivity index (χ1v) is 9.14. The highest BCUT2D eigenvalue weighted by Crippen LogP contribution is 2.32. The molecule has 0 bridgehead atoms. The Bertz CT molecular complexity index is 374. The Morgan fingerprint density at radius 3 is 2.10 bits per heavy atom. The molecule has 21 heavy (non-hydrogen) atoms. The molecule has 1 unspecified atom stereocenters. The second kappa shape index (κ2) is 8.30. The van der Waals surface area contributed by atoms with Crippen molar-refractivity contribution in [2.24, 2.45) is 17.6 Å². The maximum Gasteiger partial charge on any atom is 0.0336 e.